The van der Waals surface area contributed by atoms with Crippen molar-refractivity contribution in [3.8, 4) is 17.0 Å². The lowest BCUT2D eigenvalue weighted by molar-refractivity contribution is -0.131. The zero-order valence-electron chi connectivity index (χ0n) is 19.3. The largest absolute Gasteiger partial charge is 0.496 e. The average Bonchev–Trinajstić information content (AvgIpc) is 3.06. The molecule has 1 fully saturated rings. The number of nitrogens with zero attached hydrogens (tertiary/aromatic N) is 4. The molecule has 0 unspecified atom stereocenters. The minimum Gasteiger partial charge on any atom is -0.496 e. The highest BCUT2D eigenvalue weighted by Crippen LogP contribution is 2.29. The number of para-hydroxylation sites is 1. The summed E-state index contributed by atoms with van der Waals surface area (Å²) in [6, 6.07) is 9.60. The Morgan fingerprint density at radius 1 is 1.12 bits per heavy atom. The van der Waals surface area contributed by atoms with E-state index in [-0.39, 0.29) is 11.5 Å². The molecule has 1 aromatic carbocycles. The number of rotatable bonds is 6. The van der Waals surface area contributed by atoms with Crippen molar-refractivity contribution < 1.29 is 9.53 Å². The van der Waals surface area contributed by atoms with Gasteiger partial charge in [0.1, 0.15) is 11.4 Å². The molecule has 1 aliphatic heterocycles. The number of hydrogen-bond acceptors (Lipinski definition) is 4. The van der Waals surface area contributed by atoms with Crippen LogP contribution in [-0.4, -0.2) is 45.2 Å². The molecule has 0 N–H and O–H groups in total. The van der Waals surface area contributed by atoms with E-state index >= 15 is 0 Å². The summed E-state index contributed by atoms with van der Waals surface area (Å²) in [5, 5.41) is 4.64. The van der Waals surface area contributed by atoms with Crippen molar-refractivity contribution in [2.75, 3.05) is 20.2 Å². The van der Waals surface area contributed by atoms with Crippen molar-refractivity contribution in [3.63, 3.8) is 0 Å². The standard InChI is InChI=1S/C25H32N4O3/c1-4-28-18(2)19(13-14-24(30)27-15-9-5-6-10-16-27)25(31)29-23(28)17-21(26-29)20-11-7-8-12-22(20)32-3/h7-8,11-12,17H,4-6,9-10,13-16H2,1-3H3. The average molecular weight is 437 g/mol. The number of ether oxygens (including phenoxy) is 1. The fourth-order valence-electron chi connectivity index (χ4n) is 4.72. The van der Waals surface area contributed by atoms with Crippen LogP contribution in [-0.2, 0) is 17.8 Å². The third kappa shape index (κ3) is 4.16. The van der Waals surface area contributed by atoms with E-state index in [1.807, 2.05) is 42.2 Å². The fourth-order valence-corrected chi connectivity index (χ4v) is 4.72. The van der Waals surface area contributed by atoms with E-state index in [9.17, 15) is 9.59 Å². The molecular weight excluding hydrogens is 404 g/mol. The molecule has 170 valence electrons. The van der Waals surface area contributed by atoms with Gasteiger partial charge in [-0.2, -0.15) is 9.61 Å². The highest BCUT2D eigenvalue weighted by Gasteiger charge is 2.20. The summed E-state index contributed by atoms with van der Waals surface area (Å²) in [7, 11) is 1.63. The Morgan fingerprint density at radius 3 is 2.53 bits per heavy atom. The Balaban J connectivity index is 1.69. The fraction of sp³-hybridized carbons (Fsp3) is 0.480. The molecule has 0 radical (unpaired) electrons. The maximum absolute atomic E-state index is 13.4. The molecule has 1 saturated heterocycles. The summed E-state index contributed by atoms with van der Waals surface area (Å²) >= 11 is 0. The highest BCUT2D eigenvalue weighted by atomic mass is 16.5. The normalized spacial score (nSPS) is 14.5. The predicted molar refractivity (Wildman–Crippen MR) is 125 cm³/mol. The number of aromatic nitrogens is 3. The van der Waals surface area contributed by atoms with Gasteiger partial charge in [0.15, 0.2) is 0 Å². The Hall–Kier alpha value is -3.09. The van der Waals surface area contributed by atoms with Crippen molar-refractivity contribution in [3.05, 3.63) is 51.9 Å². The van der Waals surface area contributed by atoms with Gasteiger partial charge in [0.05, 0.1) is 12.8 Å². The monoisotopic (exact) mass is 436 g/mol. The Kier molecular flexibility index (Phi) is 6.63. The molecule has 0 bridgehead atoms. The number of fused-ring (bicyclic) bond motifs is 1. The third-order valence-corrected chi connectivity index (χ3v) is 6.51. The molecular formula is C25H32N4O3. The first-order valence-corrected chi connectivity index (χ1v) is 11.6. The number of hydrogen-bond donors (Lipinski definition) is 0. The van der Waals surface area contributed by atoms with Gasteiger partial charge in [-0.1, -0.05) is 25.0 Å². The predicted octanol–water partition coefficient (Wildman–Crippen LogP) is 3.84. The lowest BCUT2D eigenvalue weighted by Crippen LogP contribution is -2.33. The van der Waals surface area contributed by atoms with E-state index in [1.165, 1.54) is 17.4 Å². The van der Waals surface area contributed by atoms with Gasteiger partial charge in [0.2, 0.25) is 5.91 Å². The molecule has 4 rings (SSSR count). The first-order valence-electron chi connectivity index (χ1n) is 11.6. The van der Waals surface area contributed by atoms with Crippen LogP contribution >= 0.6 is 0 Å². The quantitative estimate of drug-likeness (QED) is 0.589. The van der Waals surface area contributed by atoms with Crippen LogP contribution in [0.1, 0.15) is 50.3 Å². The van der Waals surface area contributed by atoms with Crippen LogP contribution < -0.4 is 10.3 Å². The van der Waals surface area contributed by atoms with Gasteiger partial charge < -0.3 is 14.2 Å². The molecule has 0 saturated carbocycles. The minimum absolute atomic E-state index is 0.143. The minimum atomic E-state index is -0.146. The number of methoxy groups -OCH3 is 1. The molecule has 1 aliphatic rings. The van der Waals surface area contributed by atoms with Gasteiger partial charge in [0.25, 0.3) is 5.56 Å². The van der Waals surface area contributed by atoms with Crippen molar-refractivity contribution in [1.82, 2.24) is 19.1 Å². The lowest BCUT2D eigenvalue weighted by atomic mass is 10.1. The summed E-state index contributed by atoms with van der Waals surface area (Å²) in [4.78, 5) is 28.2. The molecule has 1 amide bonds. The number of carbonyl (C=O) groups is 1. The topological polar surface area (TPSA) is 68.8 Å². The number of aryl methyl sites for hydroxylation is 1. The molecule has 0 atom stereocenters. The van der Waals surface area contributed by atoms with Gasteiger partial charge in [-0.25, -0.2) is 0 Å². The van der Waals surface area contributed by atoms with Gasteiger partial charge in [0, 0.05) is 48.9 Å². The van der Waals surface area contributed by atoms with E-state index in [1.54, 1.807) is 7.11 Å². The Bertz CT molecular complexity index is 1170. The van der Waals surface area contributed by atoms with E-state index in [0.29, 0.717) is 36.4 Å². The summed E-state index contributed by atoms with van der Waals surface area (Å²) in [5.74, 6) is 0.857. The van der Waals surface area contributed by atoms with E-state index in [2.05, 4.69) is 16.6 Å². The zero-order valence-corrected chi connectivity index (χ0v) is 19.3. The van der Waals surface area contributed by atoms with Crippen LogP contribution in [0.25, 0.3) is 16.9 Å². The molecule has 32 heavy (non-hydrogen) atoms. The van der Waals surface area contributed by atoms with E-state index in [0.717, 1.165) is 42.8 Å². The van der Waals surface area contributed by atoms with Gasteiger partial charge >= 0.3 is 0 Å². The van der Waals surface area contributed by atoms with Crippen LogP contribution in [0.15, 0.2) is 35.1 Å². The van der Waals surface area contributed by atoms with Crippen LogP contribution in [0, 0.1) is 6.92 Å². The van der Waals surface area contributed by atoms with Crippen LogP contribution in [0.3, 0.4) is 0 Å². The lowest BCUT2D eigenvalue weighted by Gasteiger charge is -2.21. The number of benzene rings is 1. The molecule has 3 heterocycles. The molecule has 7 nitrogen and oxygen atoms in total. The van der Waals surface area contributed by atoms with Crippen molar-refractivity contribution in [2.45, 2.75) is 58.9 Å². The van der Waals surface area contributed by atoms with Crippen LogP contribution in [0.4, 0.5) is 0 Å². The van der Waals surface area contributed by atoms with Crippen LogP contribution in [0.2, 0.25) is 0 Å². The zero-order chi connectivity index (χ0) is 22.7. The van der Waals surface area contributed by atoms with Gasteiger partial charge in [-0.3, -0.25) is 9.59 Å². The van der Waals surface area contributed by atoms with Crippen molar-refractivity contribution in [1.29, 1.82) is 0 Å². The third-order valence-electron chi connectivity index (χ3n) is 6.51. The Labute approximate surface area is 188 Å². The summed E-state index contributed by atoms with van der Waals surface area (Å²) < 4.78 is 9.06. The second-order valence-electron chi connectivity index (χ2n) is 8.41. The van der Waals surface area contributed by atoms with Crippen molar-refractivity contribution >= 4 is 11.6 Å². The first kappa shape index (κ1) is 22.1. The Morgan fingerprint density at radius 2 is 1.84 bits per heavy atom. The van der Waals surface area contributed by atoms with Gasteiger partial charge in [-0.05, 0) is 45.2 Å². The second kappa shape index (κ2) is 9.59. The maximum Gasteiger partial charge on any atom is 0.277 e. The van der Waals surface area contributed by atoms with Crippen LogP contribution in [0.5, 0.6) is 5.75 Å². The first-order chi connectivity index (χ1) is 15.5. The summed E-state index contributed by atoms with van der Waals surface area (Å²) in [6.07, 6.45) is 5.30. The molecule has 0 spiro atoms. The molecule has 0 aliphatic carbocycles. The maximum atomic E-state index is 13.4. The van der Waals surface area contributed by atoms with Crippen molar-refractivity contribution in [2.24, 2.45) is 0 Å². The number of likely N-dealkylation sites (tertiary alicyclic amines) is 1. The second-order valence-corrected chi connectivity index (χ2v) is 8.41. The summed E-state index contributed by atoms with van der Waals surface area (Å²) in [6.45, 7) is 6.39. The van der Waals surface area contributed by atoms with Gasteiger partial charge in [-0.15, -0.1) is 0 Å². The molecule has 3 aromatic rings. The number of carbonyl (C=O) groups excluding carboxylic acids is 1. The SMILES string of the molecule is CCn1c(C)c(CCC(=O)N2CCCCCC2)c(=O)n2nc(-c3ccccc3OC)cc12. The highest BCUT2D eigenvalue weighted by molar-refractivity contribution is 5.76. The van der Waals surface area contributed by atoms with E-state index < -0.39 is 0 Å². The number of amides is 1. The van der Waals surface area contributed by atoms with E-state index in [4.69, 9.17) is 4.74 Å². The smallest absolute Gasteiger partial charge is 0.277 e. The molecule has 2 aromatic heterocycles. The molecule has 7 heteroatoms. The summed E-state index contributed by atoms with van der Waals surface area (Å²) in [5.41, 5.74) is 3.71.